The van der Waals surface area contributed by atoms with E-state index >= 15 is 0 Å². The van der Waals surface area contributed by atoms with Gasteiger partial charge in [0.15, 0.2) is 11.6 Å². The third-order valence-corrected chi connectivity index (χ3v) is 5.32. The van der Waals surface area contributed by atoms with Crippen LogP contribution in [0.25, 0.3) is 0 Å². The van der Waals surface area contributed by atoms with E-state index in [4.69, 9.17) is 0 Å². The molecule has 1 aromatic rings. The van der Waals surface area contributed by atoms with Gasteiger partial charge in [-0.25, -0.2) is 8.42 Å². The van der Waals surface area contributed by atoms with Crippen LogP contribution in [0.3, 0.4) is 0 Å². The number of hydrogen-bond donors (Lipinski definition) is 4. The van der Waals surface area contributed by atoms with Crippen LogP contribution >= 0.6 is 0 Å². The topological polar surface area (TPSA) is 108 Å². The van der Waals surface area contributed by atoms with Crippen LogP contribution in [-0.4, -0.2) is 37.1 Å². The van der Waals surface area contributed by atoms with E-state index in [1.54, 1.807) is 18.2 Å². The van der Waals surface area contributed by atoms with Gasteiger partial charge in [-0.05, 0) is 44.0 Å². The van der Waals surface area contributed by atoms with E-state index in [-0.39, 0.29) is 0 Å². The van der Waals surface area contributed by atoms with Gasteiger partial charge < -0.3 is 10.4 Å². The first kappa shape index (κ1) is 15.7. The molecule has 1 amide bonds. The highest BCUT2D eigenvalue weighted by molar-refractivity contribution is 7.94. The van der Waals surface area contributed by atoms with Crippen molar-refractivity contribution in [1.29, 1.82) is 0 Å². The highest BCUT2D eigenvalue weighted by Crippen LogP contribution is 2.19. The maximum atomic E-state index is 12.4. The molecular weight excluding hydrogens is 294 g/mol. The van der Waals surface area contributed by atoms with Crippen LogP contribution < -0.4 is 15.4 Å². The van der Waals surface area contributed by atoms with Crippen LogP contribution in [0.15, 0.2) is 18.2 Å². The maximum Gasteiger partial charge on any atom is 0.246 e. The van der Waals surface area contributed by atoms with Crippen LogP contribution in [-0.2, 0) is 14.8 Å². The molecule has 0 saturated carbocycles. The number of aliphatic hydroxyl groups excluding tert-OH is 1. The van der Waals surface area contributed by atoms with Crippen molar-refractivity contribution < 1.29 is 18.3 Å². The summed E-state index contributed by atoms with van der Waals surface area (Å²) in [6.07, 6.45) is -1.24. The summed E-state index contributed by atoms with van der Waals surface area (Å²) in [6, 6.07) is 4.45. The van der Waals surface area contributed by atoms with Crippen LogP contribution in [0.1, 0.15) is 18.1 Å². The Labute approximate surface area is 123 Å². The number of carbonyl (C=O) groups excluding carboxylic acids is 1. The Morgan fingerprint density at radius 1 is 1.24 bits per heavy atom. The Hall–Kier alpha value is -1.64. The van der Waals surface area contributed by atoms with Crippen molar-refractivity contribution in [3.8, 4) is 0 Å². The molecule has 7 nitrogen and oxygen atoms in total. The third kappa shape index (κ3) is 3.34. The predicted octanol–water partition coefficient (Wildman–Crippen LogP) is -0.202. The number of aliphatic hydroxyl groups is 1. The van der Waals surface area contributed by atoms with Gasteiger partial charge in [0.2, 0.25) is 15.9 Å². The van der Waals surface area contributed by atoms with Crippen molar-refractivity contribution >= 4 is 21.6 Å². The zero-order chi connectivity index (χ0) is 15.8. The summed E-state index contributed by atoms with van der Waals surface area (Å²) in [4.78, 5) is 11.8. The Morgan fingerprint density at radius 2 is 1.90 bits per heavy atom. The Kier molecular flexibility index (Phi) is 4.22. The first-order chi connectivity index (χ1) is 9.70. The lowest BCUT2D eigenvalue weighted by Gasteiger charge is -2.32. The van der Waals surface area contributed by atoms with Gasteiger partial charge >= 0.3 is 0 Å². The quantitative estimate of drug-likeness (QED) is 0.618. The van der Waals surface area contributed by atoms with Crippen molar-refractivity contribution in [1.82, 2.24) is 10.6 Å². The van der Waals surface area contributed by atoms with Crippen LogP contribution in [0.5, 0.6) is 0 Å². The minimum Gasteiger partial charge on any atom is -0.361 e. The second-order valence-electron chi connectivity index (χ2n) is 5.23. The molecule has 2 rings (SSSR count). The van der Waals surface area contributed by atoms with Gasteiger partial charge in [0, 0.05) is 11.7 Å². The van der Waals surface area contributed by atoms with E-state index in [9.17, 15) is 18.3 Å². The molecular formula is C13H19N3O4S. The zero-order valence-electron chi connectivity index (χ0n) is 12.0. The molecule has 0 aliphatic carbocycles. The summed E-state index contributed by atoms with van der Waals surface area (Å²) in [5, 5.41) is 12.7. The minimum atomic E-state index is -3.92. The van der Waals surface area contributed by atoms with E-state index in [0.717, 1.165) is 11.1 Å². The number of nitrogens with one attached hydrogen (secondary N) is 3. The molecule has 0 bridgehead atoms. The zero-order valence-corrected chi connectivity index (χ0v) is 12.9. The first-order valence-electron chi connectivity index (χ1n) is 6.54. The number of carbonyl (C=O) groups is 1. The molecule has 21 heavy (non-hydrogen) atoms. The third-order valence-electron chi connectivity index (χ3n) is 3.51. The second-order valence-corrected chi connectivity index (χ2v) is 7.04. The van der Waals surface area contributed by atoms with Crippen molar-refractivity contribution in [2.75, 3.05) is 4.72 Å². The molecule has 4 N–H and O–H groups in total. The number of benzene rings is 1. The summed E-state index contributed by atoms with van der Waals surface area (Å²) in [6.45, 7) is 5.34. The molecule has 1 aliphatic heterocycles. The molecule has 8 heteroatoms. The van der Waals surface area contributed by atoms with Gasteiger partial charge in [-0.15, -0.1) is 0 Å². The minimum absolute atomic E-state index is 0.407. The van der Waals surface area contributed by atoms with E-state index in [2.05, 4.69) is 15.4 Å². The molecule has 0 spiro atoms. The van der Waals surface area contributed by atoms with Crippen molar-refractivity contribution in [3.63, 3.8) is 0 Å². The van der Waals surface area contributed by atoms with Crippen molar-refractivity contribution in [3.05, 3.63) is 29.3 Å². The number of amides is 1. The lowest BCUT2D eigenvalue weighted by atomic mass is 10.1. The number of aryl methyl sites for hydroxylation is 2. The van der Waals surface area contributed by atoms with Gasteiger partial charge in [-0.1, -0.05) is 6.07 Å². The van der Waals surface area contributed by atoms with Crippen molar-refractivity contribution in [2.24, 2.45) is 0 Å². The SMILES string of the molecule is Cc1ccc(NS(=O)(=O)C2C(=O)NC(O)NC2C)cc1C. The van der Waals surface area contributed by atoms with E-state index < -0.39 is 33.6 Å². The summed E-state index contributed by atoms with van der Waals surface area (Å²) in [7, 11) is -3.92. The molecule has 0 aromatic heterocycles. The molecule has 116 valence electrons. The number of anilines is 1. The van der Waals surface area contributed by atoms with Gasteiger partial charge in [0.05, 0.1) is 0 Å². The summed E-state index contributed by atoms with van der Waals surface area (Å²) < 4.78 is 27.2. The predicted molar refractivity (Wildman–Crippen MR) is 79.0 cm³/mol. The van der Waals surface area contributed by atoms with E-state index in [0.29, 0.717) is 5.69 Å². The maximum absolute atomic E-state index is 12.4. The van der Waals surface area contributed by atoms with Crippen LogP contribution in [0.2, 0.25) is 0 Å². The average molecular weight is 313 g/mol. The van der Waals surface area contributed by atoms with Gasteiger partial charge in [-0.2, -0.15) is 0 Å². The average Bonchev–Trinajstić information content (AvgIpc) is 2.31. The molecule has 1 fully saturated rings. The lowest BCUT2D eigenvalue weighted by Crippen LogP contribution is -2.65. The largest absolute Gasteiger partial charge is 0.361 e. The molecule has 1 heterocycles. The Balaban J connectivity index is 2.25. The molecule has 3 unspecified atom stereocenters. The highest BCUT2D eigenvalue weighted by atomic mass is 32.2. The molecule has 1 saturated heterocycles. The summed E-state index contributed by atoms with van der Waals surface area (Å²) in [5.74, 6) is -0.731. The van der Waals surface area contributed by atoms with Gasteiger partial charge in [0.1, 0.15) is 0 Å². The monoisotopic (exact) mass is 313 g/mol. The summed E-state index contributed by atoms with van der Waals surface area (Å²) >= 11 is 0. The number of sulfonamides is 1. The summed E-state index contributed by atoms with van der Waals surface area (Å²) in [5.41, 5.74) is 2.40. The normalized spacial score (nSPS) is 26.3. The van der Waals surface area contributed by atoms with Crippen molar-refractivity contribution in [2.45, 2.75) is 38.4 Å². The van der Waals surface area contributed by atoms with Gasteiger partial charge in [0.25, 0.3) is 0 Å². The smallest absolute Gasteiger partial charge is 0.246 e. The molecule has 1 aromatic carbocycles. The highest BCUT2D eigenvalue weighted by Gasteiger charge is 2.42. The standard InChI is InChI=1S/C13H19N3O4S/c1-7-4-5-10(6-8(7)2)16-21(19,20)11-9(3)14-13(18)15-12(11)17/h4-6,9,11,13-14,16,18H,1-3H3,(H,15,17). The van der Waals surface area contributed by atoms with Crippen LogP contribution in [0, 0.1) is 13.8 Å². The second kappa shape index (κ2) is 5.63. The number of hydrogen-bond acceptors (Lipinski definition) is 5. The Bertz CT molecular complexity index is 659. The van der Waals surface area contributed by atoms with E-state index in [1.165, 1.54) is 6.92 Å². The lowest BCUT2D eigenvalue weighted by molar-refractivity contribution is -0.127. The first-order valence-corrected chi connectivity index (χ1v) is 8.09. The van der Waals surface area contributed by atoms with Crippen LogP contribution in [0.4, 0.5) is 5.69 Å². The fourth-order valence-electron chi connectivity index (χ4n) is 2.26. The van der Waals surface area contributed by atoms with Gasteiger partial charge in [-0.3, -0.25) is 14.8 Å². The fraction of sp³-hybridized carbons (Fsp3) is 0.462. The molecule has 0 radical (unpaired) electrons. The fourth-order valence-corrected chi connectivity index (χ4v) is 3.81. The van der Waals surface area contributed by atoms with E-state index in [1.807, 2.05) is 13.8 Å². The Morgan fingerprint density at radius 3 is 2.48 bits per heavy atom. The molecule has 3 atom stereocenters. The molecule has 1 aliphatic rings. The number of rotatable bonds is 3.